The second-order valence-electron chi connectivity index (χ2n) is 7.92. The summed E-state index contributed by atoms with van der Waals surface area (Å²) < 4.78 is 2.19. The van der Waals surface area contributed by atoms with Gasteiger partial charge in [-0.15, -0.1) is 11.3 Å². The van der Waals surface area contributed by atoms with Gasteiger partial charge < -0.3 is 9.47 Å². The van der Waals surface area contributed by atoms with Crippen molar-refractivity contribution in [1.29, 1.82) is 0 Å². The number of imide groups is 1. The van der Waals surface area contributed by atoms with E-state index < -0.39 is 6.04 Å². The largest absolute Gasteiger partial charge is 0.325 e. The number of nitrogens with one attached hydrogen (secondary N) is 1. The number of carbonyl (C=O) groups is 2. The lowest BCUT2D eigenvalue weighted by molar-refractivity contribution is -0.121. The molecule has 3 amide bonds. The molecule has 0 spiro atoms. The van der Waals surface area contributed by atoms with Crippen LogP contribution in [-0.4, -0.2) is 37.4 Å². The van der Waals surface area contributed by atoms with Crippen LogP contribution in [0.4, 0.5) is 4.79 Å². The number of hydrogen-bond donors (Lipinski definition) is 1. The van der Waals surface area contributed by atoms with Crippen LogP contribution in [0, 0.1) is 6.92 Å². The van der Waals surface area contributed by atoms with Gasteiger partial charge in [-0.05, 0) is 24.6 Å². The first kappa shape index (κ1) is 18.3. The van der Waals surface area contributed by atoms with Crippen molar-refractivity contribution in [3.63, 3.8) is 0 Å². The minimum Gasteiger partial charge on any atom is -0.322 e. The van der Waals surface area contributed by atoms with E-state index in [4.69, 9.17) is 4.98 Å². The molecule has 154 valence electrons. The van der Waals surface area contributed by atoms with Gasteiger partial charge in [0.1, 0.15) is 16.7 Å². The van der Waals surface area contributed by atoms with Gasteiger partial charge in [-0.25, -0.2) is 14.8 Å². The van der Waals surface area contributed by atoms with Crippen LogP contribution in [0.15, 0.2) is 48.7 Å². The van der Waals surface area contributed by atoms with E-state index in [-0.39, 0.29) is 11.9 Å². The molecule has 0 aliphatic carbocycles. The molecule has 3 aromatic heterocycles. The standard InChI is InChI=1S/C23H19N5O2S/c1-13-19(31-22(25-13)14-6-3-2-4-7-14)12-27-18-11-28-17(21(29)26-23(28)30)10-16(18)15-8-5-9-24-20(15)27/h2-9,17H,10-12H2,1H3,(H,26,29,30). The molecule has 5 heterocycles. The van der Waals surface area contributed by atoms with E-state index in [9.17, 15) is 9.59 Å². The van der Waals surface area contributed by atoms with Gasteiger partial charge in [-0.3, -0.25) is 10.1 Å². The topological polar surface area (TPSA) is 80.1 Å². The smallest absolute Gasteiger partial charge is 0.322 e. The molecule has 1 atom stereocenters. The zero-order chi connectivity index (χ0) is 21.1. The Balaban J connectivity index is 1.45. The maximum atomic E-state index is 12.3. The van der Waals surface area contributed by atoms with Crippen molar-refractivity contribution in [2.45, 2.75) is 32.5 Å². The first-order valence-electron chi connectivity index (χ1n) is 10.2. The molecule has 1 N–H and O–H groups in total. The van der Waals surface area contributed by atoms with Crippen LogP contribution < -0.4 is 5.32 Å². The predicted octanol–water partition coefficient (Wildman–Crippen LogP) is 3.49. The van der Waals surface area contributed by atoms with Crippen LogP contribution >= 0.6 is 11.3 Å². The number of amides is 3. The number of hydrogen-bond acceptors (Lipinski definition) is 5. The maximum Gasteiger partial charge on any atom is 0.325 e. The summed E-state index contributed by atoms with van der Waals surface area (Å²) in [5.74, 6) is -0.216. The molecule has 6 rings (SSSR count). The van der Waals surface area contributed by atoms with Crippen LogP contribution in [0.5, 0.6) is 0 Å². The Labute approximate surface area is 182 Å². The molecule has 2 aliphatic heterocycles. The Morgan fingerprint density at radius 2 is 2.00 bits per heavy atom. The highest BCUT2D eigenvalue weighted by molar-refractivity contribution is 7.15. The Morgan fingerprint density at radius 3 is 2.84 bits per heavy atom. The molecule has 1 saturated heterocycles. The average Bonchev–Trinajstić information content (AvgIpc) is 3.41. The quantitative estimate of drug-likeness (QED) is 0.506. The highest BCUT2D eigenvalue weighted by Crippen LogP contribution is 2.36. The van der Waals surface area contributed by atoms with Gasteiger partial charge in [0.15, 0.2) is 0 Å². The summed E-state index contributed by atoms with van der Waals surface area (Å²) in [6.45, 7) is 3.07. The Hall–Kier alpha value is -3.52. The number of aromatic nitrogens is 3. The average molecular weight is 430 g/mol. The summed E-state index contributed by atoms with van der Waals surface area (Å²) in [4.78, 5) is 36.8. The first-order chi connectivity index (χ1) is 15.1. The fraction of sp³-hybridized carbons (Fsp3) is 0.217. The van der Waals surface area contributed by atoms with Gasteiger partial charge >= 0.3 is 6.03 Å². The normalized spacial score (nSPS) is 17.7. The van der Waals surface area contributed by atoms with Gasteiger partial charge in [0, 0.05) is 34.1 Å². The van der Waals surface area contributed by atoms with Crippen molar-refractivity contribution >= 4 is 34.3 Å². The third-order valence-electron chi connectivity index (χ3n) is 6.14. The Kier molecular flexibility index (Phi) is 3.97. The summed E-state index contributed by atoms with van der Waals surface area (Å²) in [5, 5.41) is 4.49. The van der Waals surface area contributed by atoms with Crippen LogP contribution in [0.1, 0.15) is 21.8 Å². The van der Waals surface area contributed by atoms with E-state index in [2.05, 4.69) is 33.1 Å². The zero-order valence-corrected chi connectivity index (χ0v) is 17.6. The number of rotatable bonds is 3. The molecular weight excluding hydrogens is 410 g/mol. The molecular formula is C23H19N5O2S. The fourth-order valence-corrected chi connectivity index (χ4v) is 5.64. The Bertz CT molecular complexity index is 1360. The molecule has 0 saturated carbocycles. The van der Waals surface area contributed by atoms with Gasteiger partial charge in [0.25, 0.3) is 5.91 Å². The number of fused-ring (bicyclic) bond motifs is 4. The van der Waals surface area contributed by atoms with Crippen molar-refractivity contribution in [3.05, 3.63) is 70.5 Å². The third-order valence-corrected chi connectivity index (χ3v) is 7.34. The van der Waals surface area contributed by atoms with E-state index in [0.717, 1.165) is 43.4 Å². The van der Waals surface area contributed by atoms with Crippen molar-refractivity contribution < 1.29 is 9.59 Å². The van der Waals surface area contributed by atoms with Crippen molar-refractivity contribution in [2.24, 2.45) is 0 Å². The summed E-state index contributed by atoms with van der Waals surface area (Å²) in [5.41, 5.74) is 5.15. The third kappa shape index (κ3) is 2.79. The molecule has 1 unspecified atom stereocenters. The van der Waals surface area contributed by atoms with Gasteiger partial charge in [-0.2, -0.15) is 0 Å². The summed E-state index contributed by atoms with van der Waals surface area (Å²) >= 11 is 1.68. The number of urea groups is 1. The molecule has 4 aromatic rings. The summed E-state index contributed by atoms with van der Waals surface area (Å²) in [6.07, 6.45) is 2.30. The zero-order valence-electron chi connectivity index (χ0n) is 16.8. The van der Waals surface area contributed by atoms with Crippen LogP contribution in [0.25, 0.3) is 21.6 Å². The minimum atomic E-state index is -0.436. The van der Waals surface area contributed by atoms with Crippen molar-refractivity contribution in [2.75, 3.05) is 0 Å². The highest BCUT2D eigenvalue weighted by Gasteiger charge is 2.43. The molecule has 1 fully saturated rings. The van der Waals surface area contributed by atoms with Gasteiger partial charge in [0.05, 0.1) is 18.8 Å². The lowest BCUT2D eigenvalue weighted by atomic mass is 9.98. The minimum absolute atomic E-state index is 0.216. The molecule has 1 aromatic carbocycles. The number of carbonyl (C=O) groups excluding carboxylic acids is 2. The number of nitrogens with zero attached hydrogens (tertiary/aromatic N) is 4. The van der Waals surface area contributed by atoms with Gasteiger partial charge in [-0.1, -0.05) is 30.3 Å². The molecule has 2 aliphatic rings. The number of pyridine rings is 1. The lowest BCUT2D eigenvalue weighted by Gasteiger charge is -2.28. The van der Waals surface area contributed by atoms with Crippen LogP contribution in [-0.2, 0) is 24.3 Å². The summed E-state index contributed by atoms with van der Waals surface area (Å²) in [6, 6.07) is 13.4. The fourth-order valence-electron chi connectivity index (χ4n) is 4.58. The SMILES string of the molecule is Cc1nc(-c2ccccc2)sc1Cn1c2c(c3cccnc31)CC1C(=O)NC(=O)N1C2. The van der Waals surface area contributed by atoms with E-state index >= 15 is 0 Å². The van der Waals surface area contributed by atoms with Crippen molar-refractivity contribution in [3.8, 4) is 10.6 Å². The number of thiazole rings is 1. The first-order valence-corrected chi connectivity index (χ1v) is 11.0. The molecule has 31 heavy (non-hydrogen) atoms. The second kappa shape index (κ2) is 6.75. The number of aryl methyl sites for hydroxylation is 1. The Morgan fingerprint density at radius 1 is 1.16 bits per heavy atom. The maximum absolute atomic E-state index is 12.3. The van der Waals surface area contributed by atoms with Crippen LogP contribution in [0.2, 0.25) is 0 Å². The van der Waals surface area contributed by atoms with Crippen molar-refractivity contribution in [1.82, 2.24) is 24.8 Å². The second-order valence-corrected chi connectivity index (χ2v) is 9.01. The molecule has 0 radical (unpaired) electrons. The molecule has 0 bridgehead atoms. The molecule has 8 heteroatoms. The van der Waals surface area contributed by atoms with Crippen LogP contribution in [0.3, 0.4) is 0 Å². The van der Waals surface area contributed by atoms with E-state index in [1.807, 2.05) is 31.2 Å². The van der Waals surface area contributed by atoms with E-state index in [1.54, 1.807) is 22.4 Å². The molecule has 7 nitrogen and oxygen atoms in total. The van der Waals surface area contributed by atoms with E-state index in [1.165, 1.54) is 0 Å². The predicted molar refractivity (Wildman–Crippen MR) is 118 cm³/mol. The highest BCUT2D eigenvalue weighted by atomic mass is 32.1. The lowest BCUT2D eigenvalue weighted by Crippen LogP contribution is -2.40. The summed E-state index contributed by atoms with van der Waals surface area (Å²) in [7, 11) is 0. The van der Waals surface area contributed by atoms with E-state index in [0.29, 0.717) is 19.5 Å². The number of benzene rings is 1. The van der Waals surface area contributed by atoms with Gasteiger partial charge in [0.2, 0.25) is 0 Å². The monoisotopic (exact) mass is 429 g/mol.